The number of hydrogen-bond donors (Lipinski definition) is 1. The van der Waals surface area contributed by atoms with Gasteiger partial charge < -0.3 is 10.8 Å². The Morgan fingerprint density at radius 2 is 2.40 bits per heavy atom. The van der Waals surface area contributed by atoms with Gasteiger partial charge in [0.05, 0.1) is 0 Å². The van der Waals surface area contributed by atoms with Crippen molar-refractivity contribution in [1.29, 1.82) is 0 Å². The molecule has 1 fully saturated rings. The summed E-state index contributed by atoms with van der Waals surface area (Å²) >= 11 is 0. The Balaban J connectivity index is 0.000000500. The summed E-state index contributed by atoms with van der Waals surface area (Å²) in [5.74, 6) is 0.829. The molecule has 0 aromatic rings. The quantitative estimate of drug-likeness (QED) is 0.525. The molecule has 0 aromatic carbocycles. The highest BCUT2D eigenvalue weighted by Gasteiger charge is 2.19. The van der Waals surface area contributed by atoms with E-state index < -0.39 is 0 Å². The summed E-state index contributed by atoms with van der Waals surface area (Å²) in [6.45, 7) is 1.18. The van der Waals surface area contributed by atoms with Crippen molar-refractivity contribution >= 4 is 0 Å². The highest BCUT2D eigenvalue weighted by Crippen LogP contribution is 2.25. The fourth-order valence-corrected chi connectivity index (χ4v) is 1.54. The first-order valence-electron chi connectivity index (χ1n) is 3.57. The van der Waals surface area contributed by atoms with Crippen LogP contribution >= 0.6 is 0 Å². The zero-order chi connectivity index (χ0) is 6.10. The lowest BCUT2D eigenvalue weighted by atomic mass is 9.97. The Morgan fingerprint density at radius 1 is 1.50 bits per heavy atom. The van der Waals surface area contributed by atoms with Crippen LogP contribution in [0.1, 0.15) is 12.8 Å². The van der Waals surface area contributed by atoms with Crippen molar-refractivity contribution in [3.05, 3.63) is 23.9 Å². The molecule has 2 aliphatic rings. The van der Waals surface area contributed by atoms with Crippen LogP contribution in [0.3, 0.4) is 0 Å². The molecule has 2 heteroatoms. The topological polar surface area (TPSA) is 43.5 Å². The third kappa shape index (κ3) is 1.07. The van der Waals surface area contributed by atoms with Gasteiger partial charge in [-0.1, -0.05) is 12.2 Å². The molecular formula is C8H13NO. The second kappa shape index (κ2) is 2.88. The average Bonchev–Trinajstić information content (AvgIpc) is 2.33. The number of nitrogens with one attached hydrogen (secondary N) is 1. The SMILES string of the molecule is C1=CCC2CCNC2=C1.O. The Labute approximate surface area is 60.9 Å². The zero-order valence-electron chi connectivity index (χ0n) is 5.93. The predicted octanol–water partition coefficient (Wildman–Crippen LogP) is 0.615. The molecule has 3 N–H and O–H groups in total. The highest BCUT2D eigenvalue weighted by atomic mass is 16.0. The molecule has 1 saturated heterocycles. The minimum absolute atomic E-state index is 0. The fourth-order valence-electron chi connectivity index (χ4n) is 1.54. The third-order valence-electron chi connectivity index (χ3n) is 2.09. The van der Waals surface area contributed by atoms with Crippen LogP contribution in [0.2, 0.25) is 0 Å². The largest absolute Gasteiger partial charge is 0.412 e. The summed E-state index contributed by atoms with van der Waals surface area (Å²) in [4.78, 5) is 0. The molecule has 0 saturated carbocycles. The molecule has 2 nitrogen and oxygen atoms in total. The van der Waals surface area contributed by atoms with E-state index in [1.165, 1.54) is 25.1 Å². The van der Waals surface area contributed by atoms with Gasteiger partial charge in [-0.05, 0) is 18.9 Å². The molecule has 2 rings (SSSR count). The number of fused-ring (bicyclic) bond motifs is 1. The van der Waals surface area contributed by atoms with Gasteiger partial charge in [-0.2, -0.15) is 0 Å². The van der Waals surface area contributed by atoms with Gasteiger partial charge in [-0.25, -0.2) is 0 Å². The van der Waals surface area contributed by atoms with Crippen molar-refractivity contribution < 1.29 is 5.48 Å². The summed E-state index contributed by atoms with van der Waals surface area (Å²) in [5, 5.41) is 3.37. The van der Waals surface area contributed by atoms with Gasteiger partial charge in [-0.15, -0.1) is 0 Å². The first-order chi connectivity index (χ1) is 4.47. The molecule has 1 aliphatic carbocycles. The van der Waals surface area contributed by atoms with Gasteiger partial charge in [0.2, 0.25) is 0 Å². The molecule has 10 heavy (non-hydrogen) atoms. The van der Waals surface area contributed by atoms with E-state index in [1.54, 1.807) is 0 Å². The Kier molecular flexibility index (Phi) is 2.12. The molecule has 0 amide bonds. The van der Waals surface area contributed by atoms with Crippen LogP contribution in [-0.4, -0.2) is 12.0 Å². The molecule has 1 atom stereocenters. The summed E-state index contributed by atoms with van der Waals surface area (Å²) in [6, 6.07) is 0. The molecule has 56 valence electrons. The fraction of sp³-hybridized carbons (Fsp3) is 0.500. The second-order valence-corrected chi connectivity index (χ2v) is 2.70. The van der Waals surface area contributed by atoms with E-state index in [-0.39, 0.29) is 5.48 Å². The molecule has 0 spiro atoms. The van der Waals surface area contributed by atoms with Gasteiger partial charge in [0.15, 0.2) is 0 Å². The first-order valence-corrected chi connectivity index (χ1v) is 3.57. The average molecular weight is 139 g/mol. The molecule has 1 unspecified atom stereocenters. The van der Waals surface area contributed by atoms with Crippen LogP contribution in [0, 0.1) is 5.92 Å². The van der Waals surface area contributed by atoms with E-state index in [0.717, 1.165) is 5.92 Å². The third-order valence-corrected chi connectivity index (χ3v) is 2.09. The Morgan fingerprint density at radius 3 is 3.20 bits per heavy atom. The van der Waals surface area contributed by atoms with Crippen LogP contribution < -0.4 is 5.32 Å². The maximum absolute atomic E-state index is 3.37. The van der Waals surface area contributed by atoms with E-state index in [1.807, 2.05) is 0 Å². The van der Waals surface area contributed by atoms with Crippen molar-refractivity contribution in [2.75, 3.05) is 6.54 Å². The normalized spacial score (nSPS) is 28.0. The minimum atomic E-state index is 0. The van der Waals surface area contributed by atoms with Gasteiger partial charge in [-0.3, -0.25) is 0 Å². The summed E-state index contributed by atoms with van der Waals surface area (Å²) in [5.41, 5.74) is 1.46. The maximum Gasteiger partial charge on any atom is 0.0150 e. The maximum atomic E-state index is 3.37. The van der Waals surface area contributed by atoms with Crippen LogP contribution in [0.5, 0.6) is 0 Å². The van der Waals surface area contributed by atoms with E-state index in [0.29, 0.717) is 0 Å². The molecule has 0 bridgehead atoms. The Bertz CT molecular complexity index is 172. The van der Waals surface area contributed by atoms with E-state index in [2.05, 4.69) is 23.5 Å². The zero-order valence-corrected chi connectivity index (χ0v) is 5.93. The highest BCUT2D eigenvalue weighted by molar-refractivity contribution is 5.21. The molecule has 1 heterocycles. The minimum Gasteiger partial charge on any atom is -0.412 e. The predicted molar refractivity (Wildman–Crippen MR) is 41.6 cm³/mol. The Hall–Kier alpha value is -0.760. The van der Waals surface area contributed by atoms with Crippen LogP contribution in [0.4, 0.5) is 0 Å². The van der Waals surface area contributed by atoms with Gasteiger partial charge in [0.1, 0.15) is 0 Å². The molecule has 0 radical (unpaired) electrons. The monoisotopic (exact) mass is 139 g/mol. The smallest absolute Gasteiger partial charge is 0.0150 e. The number of hydrogen-bond acceptors (Lipinski definition) is 1. The molecule has 1 aliphatic heterocycles. The van der Waals surface area contributed by atoms with Crippen molar-refractivity contribution in [2.45, 2.75) is 12.8 Å². The lowest BCUT2D eigenvalue weighted by Crippen LogP contribution is -2.07. The molecular weight excluding hydrogens is 126 g/mol. The van der Waals surface area contributed by atoms with Crippen LogP contribution in [-0.2, 0) is 0 Å². The van der Waals surface area contributed by atoms with E-state index in [4.69, 9.17) is 0 Å². The van der Waals surface area contributed by atoms with E-state index in [9.17, 15) is 0 Å². The summed E-state index contributed by atoms with van der Waals surface area (Å²) in [7, 11) is 0. The lowest BCUT2D eigenvalue weighted by molar-refractivity contribution is 0.646. The van der Waals surface area contributed by atoms with Gasteiger partial charge in [0, 0.05) is 18.2 Å². The summed E-state index contributed by atoms with van der Waals surface area (Å²) in [6.07, 6.45) is 9.17. The number of allylic oxidation sites excluding steroid dienone is 4. The van der Waals surface area contributed by atoms with Crippen molar-refractivity contribution in [1.82, 2.24) is 5.32 Å². The molecule has 0 aromatic heterocycles. The van der Waals surface area contributed by atoms with Crippen LogP contribution in [0.15, 0.2) is 23.9 Å². The van der Waals surface area contributed by atoms with Crippen molar-refractivity contribution in [3.63, 3.8) is 0 Å². The second-order valence-electron chi connectivity index (χ2n) is 2.70. The van der Waals surface area contributed by atoms with Gasteiger partial charge in [0.25, 0.3) is 0 Å². The first kappa shape index (κ1) is 7.35. The van der Waals surface area contributed by atoms with Crippen LogP contribution in [0.25, 0.3) is 0 Å². The van der Waals surface area contributed by atoms with Crippen molar-refractivity contribution in [2.24, 2.45) is 5.92 Å². The van der Waals surface area contributed by atoms with Crippen molar-refractivity contribution in [3.8, 4) is 0 Å². The summed E-state index contributed by atoms with van der Waals surface area (Å²) < 4.78 is 0. The standard InChI is InChI=1S/C8H11N.H2O/c1-2-4-8-7(3-1)5-6-9-8;/h1-2,4,7,9H,3,5-6H2;1H2. The number of rotatable bonds is 0. The van der Waals surface area contributed by atoms with Gasteiger partial charge >= 0.3 is 0 Å². The lowest BCUT2D eigenvalue weighted by Gasteiger charge is -2.10. The van der Waals surface area contributed by atoms with E-state index >= 15 is 0 Å².